The van der Waals surface area contributed by atoms with Crippen molar-refractivity contribution >= 4 is 5.82 Å². The van der Waals surface area contributed by atoms with Crippen LogP contribution in [0.2, 0.25) is 0 Å². The molecule has 0 unspecified atom stereocenters. The van der Waals surface area contributed by atoms with E-state index in [4.69, 9.17) is 4.98 Å². The van der Waals surface area contributed by atoms with Gasteiger partial charge >= 0.3 is 0 Å². The van der Waals surface area contributed by atoms with Crippen molar-refractivity contribution in [3.8, 4) is 6.07 Å². The molecule has 1 aromatic heterocycles. The summed E-state index contributed by atoms with van der Waals surface area (Å²) in [5, 5.41) is 12.8. The second-order valence-corrected chi connectivity index (χ2v) is 6.07. The number of aromatic nitrogens is 1. The Bertz CT molecular complexity index is 542. The van der Waals surface area contributed by atoms with Crippen LogP contribution >= 0.6 is 0 Å². The molecule has 100 valence electrons. The molecule has 4 nitrogen and oxygen atoms in total. The fourth-order valence-electron chi connectivity index (χ4n) is 3.13. The zero-order valence-corrected chi connectivity index (χ0v) is 11.7. The quantitative estimate of drug-likeness (QED) is 0.829. The predicted molar refractivity (Wildman–Crippen MR) is 75.3 cm³/mol. The summed E-state index contributed by atoms with van der Waals surface area (Å²) in [5.74, 6) is 0.884. The third-order valence-corrected chi connectivity index (χ3v) is 4.21. The number of nitrogens with zero attached hydrogens (tertiary/aromatic N) is 3. The molecule has 0 amide bonds. The molecule has 2 heterocycles. The van der Waals surface area contributed by atoms with Gasteiger partial charge < -0.3 is 10.2 Å². The molecule has 0 aromatic carbocycles. The Morgan fingerprint density at radius 1 is 1.42 bits per heavy atom. The van der Waals surface area contributed by atoms with E-state index in [1.807, 2.05) is 0 Å². The minimum absolute atomic E-state index is 0.00366. The van der Waals surface area contributed by atoms with E-state index in [9.17, 15) is 5.26 Å². The molecule has 4 heteroatoms. The maximum Gasteiger partial charge on any atom is 0.147 e. The van der Waals surface area contributed by atoms with Gasteiger partial charge in [0.25, 0.3) is 0 Å². The van der Waals surface area contributed by atoms with Gasteiger partial charge in [-0.05, 0) is 44.7 Å². The summed E-state index contributed by atoms with van der Waals surface area (Å²) in [7, 11) is 0. The lowest BCUT2D eigenvalue weighted by atomic mass is 9.99. The number of pyridine rings is 1. The van der Waals surface area contributed by atoms with Crippen LogP contribution < -0.4 is 10.2 Å². The van der Waals surface area contributed by atoms with Crippen LogP contribution in [0.1, 0.15) is 37.1 Å². The smallest absolute Gasteiger partial charge is 0.147 e. The molecule has 1 aromatic rings. The first-order valence-electron chi connectivity index (χ1n) is 7.03. The molecule has 1 saturated heterocycles. The van der Waals surface area contributed by atoms with E-state index >= 15 is 0 Å². The van der Waals surface area contributed by atoms with E-state index in [1.54, 1.807) is 0 Å². The molecule has 3 rings (SSSR count). The Labute approximate surface area is 114 Å². The number of piperazine rings is 1. The third kappa shape index (κ3) is 2.08. The van der Waals surface area contributed by atoms with Crippen LogP contribution in [-0.4, -0.2) is 30.2 Å². The number of aryl methyl sites for hydroxylation is 2. The summed E-state index contributed by atoms with van der Waals surface area (Å²) in [6.45, 7) is 7.20. The van der Waals surface area contributed by atoms with Crippen molar-refractivity contribution in [2.45, 2.75) is 38.6 Å². The molecule has 0 saturated carbocycles. The molecule has 1 N–H and O–H groups in total. The van der Waals surface area contributed by atoms with Gasteiger partial charge in [0.15, 0.2) is 0 Å². The highest BCUT2D eigenvalue weighted by Crippen LogP contribution is 2.31. The van der Waals surface area contributed by atoms with Crippen molar-refractivity contribution in [2.75, 3.05) is 24.5 Å². The molecule has 19 heavy (non-hydrogen) atoms. The topological polar surface area (TPSA) is 52.0 Å². The van der Waals surface area contributed by atoms with Crippen LogP contribution in [0.5, 0.6) is 0 Å². The summed E-state index contributed by atoms with van der Waals surface area (Å²) >= 11 is 0. The summed E-state index contributed by atoms with van der Waals surface area (Å²) in [4.78, 5) is 7.11. The molecule has 2 aliphatic rings. The third-order valence-electron chi connectivity index (χ3n) is 4.21. The van der Waals surface area contributed by atoms with Crippen LogP contribution in [-0.2, 0) is 12.8 Å². The summed E-state index contributed by atoms with van der Waals surface area (Å²) < 4.78 is 0. The lowest BCUT2D eigenvalue weighted by molar-refractivity contribution is 0.377. The Hall–Kier alpha value is -1.60. The maximum absolute atomic E-state index is 9.42. The van der Waals surface area contributed by atoms with Gasteiger partial charge in [0.1, 0.15) is 11.9 Å². The normalized spacial score (nSPS) is 21.0. The minimum atomic E-state index is 0.00366. The van der Waals surface area contributed by atoms with Crippen LogP contribution in [0.3, 0.4) is 0 Å². The molecule has 0 spiro atoms. The molecular formula is C15H20N4. The van der Waals surface area contributed by atoms with Crippen molar-refractivity contribution in [1.29, 1.82) is 5.26 Å². The number of nitrogens with one attached hydrogen (secondary N) is 1. The molecule has 1 aliphatic carbocycles. The number of anilines is 1. The summed E-state index contributed by atoms with van der Waals surface area (Å²) in [6, 6.07) is 4.39. The Balaban J connectivity index is 2.06. The number of fused-ring (bicyclic) bond motifs is 1. The van der Waals surface area contributed by atoms with Crippen molar-refractivity contribution in [2.24, 2.45) is 0 Å². The highest BCUT2D eigenvalue weighted by Gasteiger charge is 2.32. The maximum atomic E-state index is 9.42. The standard InChI is InChI=1S/C15H20N4/c1-15(2)10-17-6-7-19(15)14-12(9-16)8-11-4-3-5-13(11)18-14/h8,17H,3-7,10H2,1-2H3. The van der Waals surface area contributed by atoms with Gasteiger partial charge in [-0.3, -0.25) is 0 Å². The van der Waals surface area contributed by atoms with Crippen molar-refractivity contribution in [3.05, 3.63) is 22.9 Å². The second-order valence-electron chi connectivity index (χ2n) is 6.07. The number of rotatable bonds is 1. The zero-order valence-electron chi connectivity index (χ0n) is 11.7. The first-order chi connectivity index (χ1) is 9.12. The van der Waals surface area contributed by atoms with Gasteiger partial charge in [0.2, 0.25) is 0 Å². The number of hydrogen-bond donors (Lipinski definition) is 1. The van der Waals surface area contributed by atoms with E-state index in [2.05, 4.69) is 36.2 Å². The number of hydrogen-bond acceptors (Lipinski definition) is 4. The van der Waals surface area contributed by atoms with Crippen LogP contribution in [0.15, 0.2) is 6.07 Å². The average molecular weight is 256 g/mol. The SMILES string of the molecule is CC1(C)CNCCN1c1nc2c(cc1C#N)CCC2. The summed E-state index contributed by atoms with van der Waals surface area (Å²) in [6.07, 6.45) is 3.30. The monoisotopic (exact) mass is 256 g/mol. The molecule has 1 aliphatic heterocycles. The fourth-order valence-corrected chi connectivity index (χ4v) is 3.13. The first-order valence-corrected chi connectivity index (χ1v) is 7.03. The van der Waals surface area contributed by atoms with Gasteiger partial charge in [-0.2, -0.15) is 5.26 Å². The van der Waals surface area contributed by atoms with E-state index in [0.29, 0.717) is 0 Å². The van der Waals surface area contributed by atoms with E-state index in [1.165, 1.54) is 17.7 Å². The fraction of sp³-hybridized carbons (Fsp3) is 0.600. The Kier molecular flexibility index (Phi) is 2.94. The molecule has 0 atom stereocenters. The largest absolute Gasteiger partial charge is 0.348 e. The first kappa shape index (κ1) is 12.4. The van der Waals surface area contributed by atoms with E-state index in [0.717, 1.165) is 43.9 Å². The van der Waals surface area contributed by atoms with Gasteiger partial charge in [-0.15, -0.1) is 0 Å². The van der Waals surface area contributed by atoms with Gasteiger partial charge in [0, 0.05) is 30.9 Å². The van der Waals surface area contributed by atoms with Crippen molar-refractivity contribution in [3.63, 3.8) is 0 Å². The lowest BCUT2D eigenvalue weighted by Gasteiger charge is -2.44. The number of nitriles is 1. The highest BCUT2D eigenvalue weighted by molar-refractivity contribution is 5.58. The van der Waals surface area contributed by atoms with E-state index in [-0.39, 0.29) is 5.54 Å². The molecule has 1 fully saturated rings. The lowest BCUT2D eigenvalue weighted by Crippen LogP contribution is -2.58. The van der Waals surface area contributed by atoms with Crippen LogP contribution in [0, 0.1) is 11.3 Å². The van der Waals surface area contributed by atoms with Crippen molar-refractivity contribution in [1.82, 2.24) is 10.3 Å². The average Bonchev–Trinajstić information content (AvgIpc) is 2.83. The van der Waals surface area contributed by atoms with E-state index < -0.39 is 0 Å². The molecule has 0 radical (unpaired) electrons. The summed E-state index contributed by atoms with van der Waals surface area (Å²) in [5.41, 5.74) is 3.20. The van der Waals surface area contributed by atoms with Crippen molar-refractivity contribution < 1.29 is 0 Å². The Morgan fingerprint density at radius 2 is 2.26 bits per heavy atom. The second kappa shape index (κ2) is 4.50. The van der Waals surface area contributed by atoms with Gasteiger partial charge in [-0.1, -0.05) is 0 Å². The van der Waals surface area contributed by atoms with Gasteiger partial charge in [-0.25, -0.2) is 4.98 Å². The molecule has 0 bridgehead atoms. The predicted octanol–water partition coefficient (Wildman–Crippen LogP) is 1.63. The minimum Gasteiger partial charge on any atom is -0.348 e. The van der Waals surface area contributed by atoms with Crippen LogP contribution in [0.25, 0.3) is 0 Å². The van der Waals surface area contributed by atoms with Gasteiger partial charge in [0.05, 0.1) is 5.56 Å². The Morgan fingerprint density at radius 3 is 3.00 bits per heavy atom. The zero-order chi connectivity index (χ0) is 13.5. The highest BCUT2D eigenvalue weighted by atomic mass is 15.3. The van der Waals surface area contributed by atoms with Crippen LogP contribution in [0.4, 0.5) is 5.82 Å². The molecular weight excluding hydrogens is 236 g/mol.